The van der Waals surface area contributed by atoms with Gasteiger partial charge in [-0.3, -0.25) is 24.6 Å². The van der Waals surface area contributed by atoms with E-state index in [0.29, 0.717) is 29.2 Å². The molecule has 1 aliphatic heterocycles. The van der Waals surface area contributed by atoms with Crippen molar-refractivity contribution in [1.82, 2.24) is 9.88 Å². The van der Waals surface area contributed by atoms with Crippen LogP contribution < -0.4 is 9.47 Å². The van der Waals surface area contributed by atoms with Crippen LogP contribution in [0.3, 0.4) is 0 Å². The molecule has 4 rings (SSSR count). The van der Waals surface area contributed by atoms with Gasteiger partial charge in [-0.05, 0) is 60.2 Å². The van der Waals surface area contributed by atoms with E-state index in [-0.39, 0.29) is 23.0 Å². The van der Waals surface area contributed by atoms with Crippen LogP contribution in [0.4, 0.5) is 14.9 Å². The number of hydrogen-bond donors (Lipinski definition) is 0. The molecule has 0 saturated carbocycles. The maximum absolute atomic E-state index is 13.1. The zero-order chi connectivity index (χ0) is 24.9. The molecule has 3 aromatic rings. The van der Waals surface area contributed by atoms with Crippen LogP contribution in [0.1, 0.15) is 18.1 Å². The Labute approximate surface area is 203 Å². The number of rotatable bonds is 8. The SMILES string of the molecule is CCOc1cc(/C=C2\SC(=O)N(Cc3ccc(F)cc3)C2=O)ccc1Oc1ccc([N+](=O)[O-])cn1. The molecule has 178 valence electrons. The molecule has 0 aliphatic carbocycles. The predicted octanol–water partition coefficient (Wildman–Crippen LogP) is 5.56. The second kappa shape index (κ2) is 10.3. The highest BCUT2D eigenvalue weighted by atomic mass is 32.2. The summed E-state index contributed by atoms with van der Waals surface area (Å²) in [5, 5.41) is 10.4. The molecule has 9 nitrogen and oxygen atoms in total. The minimum Gasteiger partial charge on any atom is -0.490 e. The summed E-state index contributed by atoms with van der Waals surface area (Å²) in [6, 6.07) is 13.2. The lowest BCUT2D eigenvalue weighted by Crippen LogP contribution is -2.27. The van der Waals surface area contributed by atoms with Crippen LogP contribution in [0, 0.1) is 15.9 Å². The van der Waals surface area contributed by atoms with Crippen molar-refractivity contribution < 1.29 is 28.4 Å². The third-order valence-corrected chi connectivity index (χ3v) is 5.75. The van der Waals surface area contributed by atoms with Gasteiger partial charge in [0, 0.05) is 12.1 Å². The Kier molecular flexibility index (Phi) is 7.06. The molecule has 1 aliphatic rings. The monoisotopic (exact) mass is 495 g/mol. The molecule has 0 radical (unpaired) electrons. The molecular weight excluding hydrogens is 477 g/mol. The lowest BCUT2D eigenvalue weighted by atomic mass is 10.1. The standard InChI is InChI=1S/C24H18FN3O6S/c1-2-33-20-11-16(5-9-19(20)34-22-10-8-18(13-26-22)28(31)32)12-21-23(29)27(24(30)35-21)14-15-3-6-17(25)7-4-15/h3-13H,2,14H2,1H3/b21-12-. The molecule has 0 N–H and O–H groups in total. The summed E-state index contributed by atoms with van der Waals surface area (Å²) in [4.78, 5) is 40.7. The lowest BCUT2D eigenvalue weighted by Gasteiger charge is -2.12. The number of thioether (sulfide) groups is 1. The average Bonchev–Trinajstić information content (AvgIpc) is 3.10. The Morgan fingerprint density at radius 2 is 1.89 bits per heavy atom. The normalized spacial score (nSPS) is 14.5. The fourth-order valence-electron chi connectivity index (χ4n) is 3.18. The van der Waals surface area contributed by atoms with Gasteiger partial charge in [0.15, 0.2) is 11.5 Å². The van der Waals surface area contributed by atoms with Crippen molar-refractivity contribution in [1.29, 1.82) is 0 Å². The summed E-state index contributed by atoms with van der Waals surface area (Å²) < 4.78 is 24.5. The number of benzene rings is 2. The molecular formula is C24H18FN3O6S. The highest BCUT2D eigenvalue weighted by molar-refractivity contribution is 8.18. The van der Waals surface area contributed by atoms with Crippen molar-refractivity contribution in [3.8, 4) is 17.4 Å². The number of halogens is 1. The molecule has 11 heteroatoms. The molecule has 1 fully saturated rings. The third kappa shape index (κ3) is 5.64. The zero-order valence-electron chi connectivity index (χ0n) is 18.3. The molecule has 2 heterocycles. The summed E-state index contributed by atoms with van der Waals surface area (Å²) in [6.45, 7) is 2.17. The van der Waals surface area contributed by atoms with Crippen LogP contribution in [-0.4, -0.2) is 32.6 Å². The van der Waals surface area contributed by atoms with Crippen LogP contribution in [-0.2, 0) is 11.3 Å². The Bertz CT molecular complexity index is 1310. The van der Waals surface area contributed by atoms with Gasteiger partial charge in [-0.2, -0.15) is 0 Å². The minimum atomic E-state index is -0.557. The van der Waals surface area contributed by atoms with E-state index in [1.807, 2.05) is 0 Å². The Morgan fingerprint density at radius 3 is 2.54 bits per heavy atom. The number of pyridine rings is 1. The summed E-state index contributed by atoms with van der Waals surface area (Å²) in [5.74, 6) is -0.00436. The maximum Gasteiger partial charge on any atom is 0.293 e. The Hall–Kier alpha value is -4.25. The van der Waals surface area contributed by atoms with E-state index in [0.717, 1.165) is 22.9 Å². The number of hydrogen-bond acceptors (Lipinski definition) is 8. The zero-order valence-corrected chi connectivity index (χ0v) is 19.2. The van der Waals surface area contributed by atoms with Crippen molar-refractivity contribution in [2.75, 3.05) is 6.61 Å². The predicted molar refractivity (Wildman–Crippen MR) is 126 cm³/mol. The third-order valence-electron chi connectivity index (χ3n) is 4.84. The molecule has 2 aromatic carbocycles. The number of carbonyl (C=O) groups is 2. The van der Waals surface area contributed by atoms with Crippen LogP contribution in [0.25, 0.3) is 6.08 Å². The quantitative estimate of drug-likeness (QED) is 0.227. The van der Waals surface area contributed by atoms with E-state index >= 15 is 0 Å². The second-order valence-corrected chi connectivity index (χ2v) is 8.24. The Morgan fingerprint density at radius 1 is 1.11 bits per heavy atom. The highest BCUT2D eigenvalue weighted by Crippen LogP contribution is 2.36. The molecule has 35 heavy (non-hydrogen) atoms. The average molecular weight is 495 g/mol. The molecule has 1 saturated heterocycles. The fourth-order valence-corrected chi connectivity index (χ4v) is 4.02. The molecule has 2 amide bonds. The summed E-state index contributed by atoms with van der Waals surface area (Å²) >= 11 is 0.816. The smallest absolute Gasteiger partial charge is 0.293 e. The first-order valence-electron chi connectivity index (χ1n) is 10.4. The first-order valence-corrected chi connectivity index (χ1v) is 11.2. The molecule has 0 atom stereocenters. The largest absolute Gasteiger partial charge is 0.490 e. The topological polar surface area (TPSA) is 112 Å². The minimum absolute atomic E-state index is 0.0432. The van der Waals surface area contributed by atoms with Gasteiger partial charge in [-0.15, -0.1) is 0 Å². The maximum atomic E-state index is 13.1. The molecule has 0 spiro atoms. The van der Waals surface area contributed by atoms with Gasteiger partial charge < -0.3 is 9.47 Å². The number of imide groups is 1. The number of nitro groups is 1. The lowest BCUT2D eigenvalue weighted by molar-refractivity contribution is -0.385. The molecule has 1 aromatic heterocycles. The van der Waals surface area contributed by atoms with Gasteiger partial charge in [-0.25, -0.2) is 9.37 Å². The number of aromatic nitrogens is 1. The van der Waals surface area contributed by atoms with Gasteiger partial charge in [0.05, 0.1) is 23.0 Å². The van der Waals surface area contributed by atoms with Crippen molar-refractivity contribution in [3.05, 3.63) is 92.8 Å². The van der Waals surface area contributed by atoms with Crippen molar-refractivity contribution in [2.24, 2.45) is 0 Å². The second-order valence-electron chi connectivity index (χ2n) is 7.25. The number of nitrogens with zero attached hydrogens (tertiary/aromatic N) is 3. The summed E-state index contributed by atoms with van der Waals surface area (Å²) in [7, 11) is 0. The van der Waals surface area contributed by atoms with E-state index in [9.17, 15) is 24.1 Å². The van der Waals surface area contributed by atoms with Crippen LogP contribution in [0.5, 0.6) is 17.4 Å². The van der Waals surface area contributed by atoms with Gasteiger partial charge >= 0.3 is 0 Å². The Balaban J connectivity index is 1.53. The fraction of sp³-hybridized carbons (Fsp3) is 0.125. The van der Waals surface area contributed by atoms with Gasteiger partial charge in [0.2, 0.25) is 5.88 Å². The van der Waals surface area contributed by atoms with Gasteiger partial charge in [-0.1, -0.05) is 18.2 Å². The number of amides is 2. The highest BCUT2D eigenvalue weighted by Gasteiger charge is 2.35. The van der Waals surface area contributed by atoms with E-state index < -0.39 is 21.9 Å². The van der Waals surface area contributed by atoms with E-state index in [2.05, 4.69) is 4.98 Å². The van der Waals surface area contributed by atoms with Gasteiger partial charge in [0.1, 0.15) is 12.0 Å². The van der Waals surface area contributed by atoms with Gasteiger partial charge in [0.25, 0.3) is 16.8 Å². The first kappa shape index (κ1) is 23.9. The van der Waals surface area contributed by atoms with E-state index in [1.54, 1.807) is 31.2 Å². The van der Waals surface area contributed by atoms with E-state index in [1.165, 1.54) is 36.4 Å². The van der Waals surface area contributed by atoms with Crippen molar-refractivity contribution in [2.45, 2.75) is 13.5 Å². The summed E-state index contributed by atoms with van der Waals surface area (Å²) in [6.07, 6.45) is 2.66. The molecule has 0 bridgehead atoms. The van der Waals surface area contributed by atoms with Crippen molar-refractivity contribution in [3.63, 3.8) is 0 Å². The first-order chi connectivity index (χ1) is 16.8. The van der Waals surface area contributed by atoms with E-state index in [4.69, 9.17) is 9.47 Å². The van der Waals surface area contributed by atoms with Crippen LogP contribution in [0.15, 0.2) is 65.7 Å². The number of ether oxygens (including phenoxy) is 2. The van der Waals surface area contributed by atoms with Crippen LogP contribution >= 0.6 is 11.8 Å². The number of carbonyl (C=O) groups excluding carboxylic acids is 2. The summed E-state index contributed by atoms with van der Waals surface area (Å²) in [5.41, 5.74) is 1.07. The van der Waals surface area contributed by atoms with Crippen LogP contribution in [0.2, 0.25) is 0 Å². The van der Waals surface area contributed by atoms with Crippen molar-refractivity contribution >= 4 is 34.7 Å². The molecule has 0 unspecified atom stereocenters.